The fourth-order valence-corrected chi connectivity index (χ4v) is 1.93. The number of nitrogens with one attached hydrogen (secondary N) is 1. The molecule has 0 spiro atoms. The lowest BCUT2D eigenvalue weighted by Crippen LogP contribution is -2.28. The summed E-state index contributed by atoms with van der Waals surface area (Å²) in [5.41, 5.74) is 2.39. The molecular weight excluding hydrogens is 214 g/mol. The Labute approximate surface area is 104 Å². The van der Waals surface area contributed by atoms with Gasteiger partial charge in [0.25, 0.3) is 0 Å². The molecule has 1 aromatic rings. The molecule has 1 aromatic heterocycles. The summed E-state index contributed by atoms with van der Waals surface area (Å²) in [5.74, 6) is 0. The predicted molar refractivity (Wildman–Crippen MR) is 70.2 cm³/mol. The molecule has 0 aliphatic carbocycles. The molecule has 0 bridgehead atoms. The number of methoxy groups -OCH3 is 1. The molecule has 4 nitrogen and oxygen atoms in total. The highest BCUT2D eigenvalue weighted by Gasteiger charge is 2.16. The summed E-state index contributed by atoms with van der Waals surface area (Å²) < 4.78 is 7.37. The minimum Gasteiger partial charge on any atom is -0.383 e. The Morgan fingerprint density at radius 1 is 1.41 bits per heavy atom. The molecule has 0 radical (unpaired) electrons. The van der Waals surface area contributed by atoms with Crippen LogP contribution in [0.2, 0.25) is 0 Å². The number of hydrogen-bond donors (Lipinski definition) is 1. The van der Waals surface area contributed by atoms with Crippen LogP contribution in [0.25, 0.3) is 0 Å². The average Bonchev–Trinajstić information content (AvgIpc) is 2.77. The second-order valence-electron chi connectivity index (χ2n) is 4.19. The smallest absolute Gasteiger partial charge is 0.0729 e. The van der Waals surface area contributed by atoms with E-state index in [2.05, 4.69) is 41.9 Å². The summed E-state index contributed by atoms with van der Waals surface area (Å²) in [5, 5.41) is 8.09. The third-order valence-electron chi connectivity index (χ3n) is 2.85. The van der Waals surface area contributed by atoms with Crippen molar-refractivity contribution in [3.63, 3.8) is 0 Å². The quantitative estimate of drug-likeness (QED) is 0.755. The van der Waals surface area contributed by atoms with Gasteiger partial charge in [0, 0.05) is 13.7 Å². The van der Waals surface area contributed by atoms with Gasteiger partial charge in [-0.2, -0.15) is 5.10 Å². The van der Waals surface area contributed by atoms with Gasteiger partial charge in [0.05, 0.1) is 24.0 Å². The van der Waals surface area contributed by atoms with Crippen LogP contribution >= 0.6 is 0 Å². The van der Waals surface area contributed by atoms with E-state index in [4.69, 9.17) is 4.74 Å². The van der Waals surface area contributed by atoms with E-state index in [9.17, 15) is 0 Å². The minimum absolute atomic E-state index is 0.243. The van der Waals surface area contributed by atoms with Crippen molar-refractivity contribution in [1.82, 2.24) is 15.1 Å². The van der Waals surface area contributed by atoms with E-state index in [1.165, 1.54) is 5.69 Å². The van der Waals surface area contributed by atoms with Crippen LogP contribution in [0, 0.1) is 0 Å². The van der Waals surface area contributed by atoms with E-state index in [1.54, 1.807) is 7.11 Å². The number of hydrogen-bond acceptors (Lipinski definition) is 3. The normalized spacial score (nSPS) is 12.9. The van der Waals surface area contributed by atoms with Crippen LogP contribution in [0.1, 0.15) is 44.6 Å². The second-order valence-corrected chi connectivity index (χ2v) is 4.19. The molecule has 1 N–H and O–H groups in total. The molecule has 1 heterocycles. The zero-order valence-electron chi connectivity index (χ0n) is 11.5. The third kappa shape index (κ3) is 3.82. The van der Waals surface area contributed by atoms with Gasteiger partial charge in [0.2, 0.25) is 0 Å². The molecule has 0 saturated carbocycles. The van der Waals surface area contributed by atoms with Crippen molar-refractivity contribution in [1.29, 1.82) is 0 Å². The first-order chi connectivity index (χ1) is 8.26. The Morgan fingerprint density at radius 3 is 2.71 bits per heavy atom. The zero-order chi connectivity index (χ0) is 12.7. The Bertz CT molecular complexity index is 322. The second kappa shape index (κ2) is 7.45. The molecule has 1 unspecified atom stereocenters. The average molecular weight is 239 g/mol. The number of aromatic nitrogens is 2. The van der Waals surface area contributed by atoms with Crippen LogP contribution in [0.4, 0.5) is 0 Å². The Balaban J connectivity index is 2.86. The first-order valence-corrected chi connectivity index (χ1v) is 6.55. The van der Waals surface area contributed by atoms with Crippen molar-refractivity contribution >= 4 is 0 Å². The van der Waals surface area contributed by atoms with Crippen molar-refractivity contribution in [2.24, 2.45) is 0 Å². The number of nitrogens with zero attached hydrogens (tertiary/aromatic N) is 2. The Hall–Kier alpha value is -0.870. The van der Waals surface area contributed by atoms with Gasteiger partial charge < -0.3 is 10.1 Å². The predicted octanol–water partition coefficient (Wildman–Crippen LogP) is 2.15. The van der Waals surface area contributed by atoms with Gasteiger partial charge in [-0.1, -0.05) is 13.8 Å². The summed E-state index contributed by atoms with van der Waals surface area (Å²) >= 11 is 0. The van der Waals surface area contributed by atoms with Crippen molar-refractivity contribution in [2.45, 2.75) is 46.2 Å². The molecule has 0 fully saturated rings. The largest absolute Gasteiger partial charge is 0.383 e. The molecule has 0 aromatic carbocycles. The maximum atomic E-state index is 5.29. The maximum Gasteiger partial charge on any atom is 0.0729 e. The molecule has 1 rings (SSSR count). The standard InChI is InChI=1S/C13H25N3O/c1-5-8-14-12(10-17-4)13-9-11(6-2)15-16(13)7-3/h9,12,14H,5-8,10H2,1-4H3. The Morgan fingerprint density at radius 2 is 2.18 bits per heavy atom. The maximum absolute atomic E-state index is 5.29. The number of ether oxygens (including phenoxy) is 1. The topological polar surface area (TPSA) is 39.1 Å². The number of aryl methyl sites for hydroxylation is 2. The molecule has 98 valence electrons. The van der Waals surface area contributed by atoms with Crippen LogP contribution in [0.3, 0.4) is 0 Å². The van der Waals surface area contributed by atoms with Gasteiger partial charge in [0.15, 0.2) is 0 Å². The molecule has 0 saturated heterocycles. The molecule has 4 heteroatoms. The third-order valence-corrected chi connectivity index (χ3v) is 2.85. The van der Waals surface area contributed by atoms with E-state index in [0.717, 1.165) is 31.6 Å². The summed E-state index contributed by atoms with van der Waals surface area (Å²) in [7, 11) is 1.74. The summed E-state index contributed by atoms with van der Waals surface area (Å²) in [6.45, 7) is 9.03. The van der Waals surface area contributed by atoms with Crippen LogP contribution in [-0.2, 0) is 17.7 Å². The zero-order valence-corrected chi connectivity index (χ0v) is 11.5. The molecule has 0 amide bonds. The summed E-state index contributed by atoms with van der Waals surface area (Å²) in [6, 6.07) is 2.43. The number of rotatable bonds is 8. The Kier molecular flexibility index (Phi) is 6.22. The van der Waals surface area contributed by atoms with Gasteiger partial charge in [-0.3, -0.25) is 4.68 Å². The van der Waals surface area contributed by atoms with Gasteiger partial charge in [0.1, 0.15) is 0 Å². The lowest BCUT2D eigenvalue weighted by atomic mass is 10.2. The first-order valence-electron chi connectivity index (χ1n) is 6.55. The lowest BCUT2D eigenvalue weighted by Gasteiger charge is -2.18. The van der Waals surface area contributed by atoms with E-state index in [-0.39, 0.29) is 6.04 Å². The monoisotopic (exact) mass is 239 g/mol. The SMILES string of the molecule is CCCNC(COC)c1cc(CC)nn1CC. The van der Waals surface area contributed by atoms with Crippen molar-refractivity contribution in [3.05, 3.63) is 17.5 Å². The van der Waals surface area contributed by atoms with E-state index in [0.29, 0.717) is 6.61 Å². The highest BCUT2D eigenvalue weighted by Crippen LogP contribution is 2.16. The highest BCUT2D eigenvalue weighted by atomic mass is 16.5. The van der Waals surface area contributed by atoms with Crippen LogP contribution < -0.4 is 5.32 Å². The van der Waals surface area contributed by atoms with Crippen LogP contribution in [0.15, 0.2) is 6.07 Å². The van der Waals surface area contributed by atoms with E-state index < -0.39 is 0 Å². The van der Waals surface area contributed by atoms with Crippen molar-refractivity contribution in [3.8, 4) is 0 Å². The minimum atomic E-state index is 0.243. The van der Waals surface area contributed by atoms with Gasteiger partial charge in [-0.25, -0.2) is 0 Å². The first kappa shape index (κ1) is 14.2. The van der Waals surface area contributed by atoms with E-state index in [1.807, 2.05) is 0 Å². The van der Waals surface area contributed by atoms with Crippen LogP contribution in [0.5, 0.6) is 0 Å². The summed E-state index contributed by atoms with van der Waals surface area (Å²) in [4.78, 5) is 0. The molecule has 17 heavy (non-hydrogen) atoms. The molecular formula is C13H25N3O. The van der Waals surface area contributed by atoms with Crippen LogP contribution in [-0.4, -0.2) is 30.0 Å². The van der Waals surface area contributed by atoms with Crippen molar-refractivity contribution < 1.29 is 4.74 Å². The molecule has 0 aliphatic heterocycles. The van der Waals surface area contributed by atoms with E-state index >= 15 is 0 Å². The summed E-state index contributed by atoms with van der Waals surface area (Å²) in [6.07, 6.45) is 2.11. The lowest BCUT2D eigenvalue weighted by molar-refractivity contribution is 0.163. The molecule has 0 aliphatic rings. The van der Waals surface area contributed by atoms with Gasteiger partial charge in [-0.05, 0) is 32.4 Å². The fourth-order valence-electron chi connectivity index (χ4n) is 1.93. The molecule has 1 atom stereocenters. The van der Waals surface area contributed by atoms with Gasteiger partial charge >= 0.3 is 0 Å². The van der Waals surface area contributed by atoms with Crippen molar-refractivity contribution in [2.75, 3.05) is 20.3 Å². The highest BCUT2D eigenvalue weighted by molar-refractivity contribution is 5.14. The van der Waals surface area contributed by atoms with Gasteiger partial charge in [-0.15, -0.1) is 0 Å². The fraction of sp³-hybridized carbons (Fsp3) is 0.769.